The number of thiophene rings is 2. The van der Waals surface area contributed by atoms with Gasteiger partial charge in [0.1, 0.15) is 16.5 Å². The summed E-state index contributed by atoms with van der Waals surface area (Å²) in [6.07, 6.45) is 1.30. The summed E-state index contributed by atoms with van der Waals surface area (Å²) < 4.78 is 4.66. The van der Waals surface area contributed by atoms with Gasteiger partial charge in [0.05, 0.1) is 17.7 Å². The number of ether oxygens (including phenoxy) is 1. The Labute approximate surface area is 129 Å². The van der Waals surface area contributed by atoms with Gasteiger partial charge in [0.25, 0.3) is 0 Å². The van der Waals surface area contributed by atoms with Gasteiger partial charge in [-0.25, -0.2) is 4.79 Å². The maximum Gasteiger partial charge on any atom is 0.350 e. The molecule has 2 aromatic heterocycles. The molecule has 0 fully saturated rings. The average molecular weight is 318 g/mol. The smallest absolute Gasteiger partial charge is 0.350 e. The van der Waals surface area contributed by atoms with Gasteiger partial charge in [0.2, 0.25) is 5.78 Å². The Bertz CT molecular complexity index is 724. The van der Waals surface area contributed by atoms with Crippen molar-refractivity contribution in [1.82, 2.24) is 0 Å². The minimum atomic E-state index is -0.469. The van der Waals surface area contributed by atoms with Crippen LogP contribution in [0.4, 0.5) is 5.69 Å². The molecule has 2 aromatic rings. The van der Waals surface area contributed by atoms with Crippen LogP contribution in [0.3, 0.4) is 0 Å². The number of hydrogen-bond acceptors (Lipinski definition) is 7. The van der Waals surface area contributed by atoms with Gasteiger partial charge in [-0.05, 0) is 22.9 Å². The van der Waals surface area contributed by atoms with Crippen LogP contribution in [-0.4, -0.2) is 18.9 Å². The number of carbonyl (C=O) groups is 2. The molecule has 0 amide bonds. The first kappa shape index (κ1) is 15.0. The van der Waals surface area contributed by atoms with Crippen molar-refractivity contribution in [2.24, 2.45) is 0 Å². The summed E-state index contributed by atoms with van der Waals surface area (Å²) in [5.41, 5.74) is 0.470. The number of ketones is 1. The van der Waals surface area contributed by atoms with Crippen LogP contribution in [0.2, 0.25) is 0 Å². The van der Waals surface area contributed by atoms with Crippen LogP contribution in [0, 0.1) is 11.3 Å². The highest BCUT2D eigenvalue weighted by Crippen LogP contribution is 2.23. The van der Waals surface area contributed by atoms with Gasteiger partial charge in [-0.3, -0.25) is 4.79 Å². The number of nitrogens with zero attached hydrogens (tertiary/aromatic N) is 1. The van der Waals surface area contributed by atoms with E-state index in [9.17, 15) is 9.59 Å². The fourth-order valence-electron chi connectivity index (χ4n) is 1.51. The van der Waals surface area contributed by atoms with E-state index in [0.717, 1.165) is 0 Å². The summed E-state index contributed by atoms with van der Waals surface area (Å²) in [7, 11) is 1.29. The molecule has 0 radical (unpaired) electrons. The third-order valence-electron chi connectivity index (χ3n) is 2.52. The number of Topliss-reactive ketones (excluding diaryl/α,β-unsaturated/α-hetero) is 1. The Kier molecular flexibility index (Phi) is 4.87. The van der Waals surface area contributed by atoms with E-state index >= 15 is 0 Å². The van der Waals surface area contributed by atoms with Crippen LogP contribution in [-0.2, 0) is 4.74 Å². The fourth-order valence-corrected chi connectivity index (χ4v) is 2.96. The molecule has 0 saturated carbocycles. The second kappa shape index (κ2) is 6.83. The molecule has 21 heavy (non-hydrogen) atoms. The van der Waals surface area contributed by atoms with Crippen molar-refractivity contribution < 1.29 is 14.3 Å². The Balaban J connectivity index is 2.20. The molecule has 0 aromatic carbocycles. The fraction of sp³-hybridized carbons (Fsp3) is 0.0714. The number of allylic oxidation sites excluding steroid dienone is 1. The molecule has 0 aliphatic rings. The summed E-state index contributed by atoms with van der Waals surface area (Å²) in [5.74, 6) is -0.821. The van der Waals surface area contributed by atoms with Crippen LogP contribution in [0.1, 0.15) is 19.3 Å². The summed E-state index contributed by atoms with van der Waals surface area (Å²) >= 11 is 2.48. The van der Waals surface area contributed by atoms with Crippen molar-refractivity contribution in [1.29, 1.82) is 5.26 Å². The first-order chi connectivity index (χ1) is 10.2. The summed E-state index contributed by atoms with van der Waals surface area (Å²) in [5, 5.41) is 15.4. The van der Waals surface area contributed by atoms with E-state index < -0.39 is 5.97 Å². The first-order valence-electron chi connectivity index (χ1n) is 5.78. The molecule has 0 aliphatic heterocycles. The molecule has 0 bridgehead atoms. The highest BCUT2D eigenvalue weighted by molar-refractivity contribution is 7.12. The van der Waals surface area contributed by atoms with Gasteiger partial charge in [-0.1, -0.05) is 6.07 Å². The van der Waals surface area contributed by atoms with Gasteiger partial charge in [-0.15, -0.1) is 22.7 Å². The number of carbonyl (C=O) groups excluding carboxylic acids is 2. The van der Waals surface area contributed by atoms with E-state index in [1.807, 2.05) is 6.07 Å². The minimum Gasteiger partial charge on any atom is -0.465 e. The number of hydrogen-bond donors (Lipinski definition) is 1. The van der Waals surface area contributed by atoms with Gasteiger partial charge in [0, 0.05) is 6.20 Å². The number of rotatable bonds is 5. The van der Waals surface area contributed by atoms with Crippen LogP contribution in [0.25, 0.3) is 0 Å². The Hall–Kier alpha value is -2.43. The van der Waals surface area contributed by atoms with Gasteiger partial charge < -0.3 is 10.1 Å². The van der Waals surface area contributed by atoms with Gasteiger partial charge >= 0.3 is 5.97 Å². The summed E-state index contributed by atoms with van der Waals surface area (Å²) in [4.78, 5) is 24.5. The normalized spacial score (nSPS) is 10.8. The maximum absolute atomic E-state index is 12.1. The van der Waals surface area contributed by atoms with Crippen LogP contribution in [0.15, 0.2) is 40.7 Å². The monoisotopic (exact) mass is 318 g/mol. The van der Waals surface area contributed by atoms with E-state index in [-0.39, 0.29) is 11.4 Å². The van der Waals surface area contributed by atoms with Crippen molar-refractivity contribution in [3.8, 4) is 6.07 Å². The highest BCUT2D eigenvalue weighted by atomic mass is 32.1. The topological polar surface area (TPSA) is 79.2 Å². The van der Waals surface area contributed by atoms with Crippen LogP contribution in [0.5, 0.6) is 0 Å². The SMILES string of the molecule is COC(=O)c1sccc1NC=C(C#N)C(=O)c1cccs1. The molecule has 1 N–H and O–H groups in total. The lowest BCUT2D eigenvalue weighted by molar-refractivity contribution is 0.0607. The number of esters is 1. The molecule has 2 heterocycles. The lowest BCUT2D eigenvalue weighted by atomic mass is 10.2. The molecule has 2 rings (SSSR count). The zero-order valence-corrected chi connectivity index (χ0v) is 12.6. The molecule has 0 saturated heterocycles. The molecule has 5 nitrogen and oxygen atoms in total. The molecule has 7 heteroatoms. The van der Waals surface area contributed by atoms with E-state index in [4.69, 9.17) is 5.26 Å². The number of methoxy groups -OCH3 is 1. The largest absolute Gasteiger partial charge is 0.465 e. The molecular formula is C14H10N2O3S2. The van der Waals surface area contributed by atoms with Crippen LogP contribution >= 0.6 is 22.7 Å². The zero-order chi connectivity index (χ0) is 15.2. The maximum atomic E-state index is 12.1. The van der Waals surface area contributed by atoms with E-state index in [1.165, 1.54) is 36.0 Å². The number of nitrogens with one attached hydrogen (secondary N) is 1. The van der Waals surface area contributed by atoms with E-state index in [2.05, 4.69) is 10.1 Å². The second-order valence-corrected chi connectivity index (χ2v) is 5.64. The molecule has 0 spiro atoms. The predicted octanol–water partition coefficient (Wildman–Crippen LogP) is 3.30. The zero-order valence-electron chi connectivity index (χ0n) is 11.0. The molecule has 0 unspecified atom stereocenters. The summed E-state index contributed by atoms with van der Waals surface area (Å²) in [6, 6.07) is 6.94. The van der Waals surface area contributed by atoms with Gasteiger partial charge in [0.15, 0.2) is 0 Å². The third kappa shape index (κ3) is 3.37. The lowest BCUT2D eigenvalue weighted by Crippen LogP contribution is -2.05. The second-order valence-electron chi connectivity index (χ2n) is 3.78. The predicted molar refractivity (Wildman–Crippen MR) is 81.6 cm³/mol. The molecular weight excluding hydrogens is 308 g/mol. The quantitative estimate of drug-likeness (QED) is 0.396. The molecule has 0 aliphatic carbocycles. The Morgan fingerprint density at radius 2 is 2.14 bits per heavy atom. The van der Waals surface area contributed by atoms with Crippen molar-refractivity contribution in [3.63, 3.8) is 0 Å². The van der Waals surface area contributed by atoms with E-state index in [1.54, 1.807) is 29.0 Å². The van der Waals surface area contributed by atoms with E-state index in [0.29, 0.717) is 15.4 Å². The van der Waals surface area contributed by atoms with Crippen molar-refractivity contribution in [2.75, 3.05) is 12.4 Å². The minimum absolute atomic E-state index is 0.0283. The Morgan fingerprint density at radius 1 is 1.33 bits per heavy atom. The third-order valence-corrected chi connectivity index (χ3v) is 4.28. The molecule has 0 atom stereocenters. The summed E-state index contributed by atoms with van der Waals surface area (Å²) in [6.45, 7) is 0. The number of anilines is 1. The standard InChI is InChI=1S/C14H10N2O3S2/c1-19-14(18)13-10(4-6-21-13)16-8-9(7-15)12(17)11-3-2-5-20-11/h2-6,8,16H,1H3. The van der Waals surface area contributed by atoms with Crippen molar-refractivity contribution >= 4 is 40.1 Å². The molecule has 106 valence electrons. The van der Waals surface area contributed by atoms with Crippen LogP contribution < -0.4 is 5.32 Å². The van der Waals surface area contributed by atoms with Gasteiger partial charge in [-0.2, -0.15) is 5.26 Å². The first-order valence-corrected chi connectivity index (χ1v) is 7.54. The van der Waals surface area contributed by atoms with Crippen molar-refractivity contribution in [2.45, 2.75) is 0 Å². The average Bonchev–Trinajstić information content (AvgIpc) is 3.18. The number of nitriles is 1. The lowest BCUT2D eigenvalue weighted by Gasteiger charge is -2.02. The highest BCUT2D eigenvalue weighted by Gasteiger charge is 2.15. The Morgan fingerprint density at radius 3 is 2.76 bits per heavy atom. The van der Waals surface area contributed by atoms with Crippen molar-refractivity contribution in [3.05, 3.63) is 50.5 Å².